The predicted octanol–water partition coefficient (Wildman–Crippen LogP) is 6.62. The van der Waals surface area contributed by atoms with E-state index in [1.54, 1.807) is 36.4 Å². The molecule has 0 spiro atoms. The lowest BCUT2D eigenvalue weighted by Crippen LogP contribution is -2.48. The lowest BCUT2D eigenvalue weighted by atomic mass is 9.91. The Bertz CT molecular complexity index is 1060. The zero-order chi connectivity index (χ0) is 27.5. The molecule has 6 nitrogen and oxygen atoms in total. The molecule has 0 saturated heterocycles. The number of benzene rings is 2. The number of carbonyl (C=O) groups is 3. The van der Waals surface area contributed by atoms with Crippen molar-refractivity contribution in [2.45, 2.75) is 102 Å². The number of thioether (sulfide) groups is 1. The smallest absolute Gasteiger partial charge is 0.326 e. The maximum absolute atomic E-state index is 12.7. The van der Waals surface area contributed by atoms with E-state index in [0.29, 0.717) is 29.8 Å². The zero-order valence-corrected chi connectivity index (χ0v) is 23.7. The number of amides is 1. The van der Waals surface area contributed by atoms with Gasteiger partial charge in [-0.25, -0.2) is 4.79 Å². The highest BCUT2D eigenvalue weighted by molar-refractivity contribution is 8.14. The molecule has 0 radical (unpaired) electrons. The molecule has 39 heavy (non-hydrogen) atoms. The molecule has 2 aromatic carbocycles. The third-order valence-electron chi connectivity index (χ3n) is 8.04. The molecule has 0 unspecified atom stereocenters. The van der Waals surface area contributed by atoms with E-state index in [1.165, 1.54) is 69.1 Å². The first-order chi connectivity index (χ1) is 19.0. The molecule has 2 aromatic rings. The molecular formula is C32H42N2O4S. The summed E-state index contributed by atoms with van der Waals surface area (Å²) in [6.45, 7) is 0. The number of aryl methyl sites for hydroxylation is 1. The van der Waals surface area contributed by atoms with Gasteiger partial charge >= 0.3 is 5.97 Å². The molecule has 3 aliphatic rings. The summed E-state index contributed by atoms with van der Waals surface area (Å²) in [5, 5.41) is 13.3. The van der Waals surface area contributed by atoms with Crippen LogP contribution < -0.4 is 10.2 Å². The number of hydrogen-bond acceptors (Lipinski definition) is 5. The van der Waals surface area contributed by atoms with Gasteiger partial charge in [-0.2, -0.15) is 0 Å². The van der Waals surface area contributed by atoms with Gasteiger partial charge in [0.05, 0.1) is 0 Å². The van der Waals surface area contributed by atoms with E-state index in [-0.39, 0.29) is 17.4 Å². The fraction of sp³-hybridized carbons (Fsp3) is 0.531. The second kappa shape index (κ2) is 15.2. The minimum Gasteiger partial charge on any atom is -0.480 e. The highest BCUT2D eigenvalue weighted by Crippen LogP contribution is 2.31. The van der Waals surface area contributed by atoms with Crippen LogP contribution in [-0.4, -0.2) is 46.0 Å². The largest absolute Gasteiger partial charge is 0.480 e. The Labute approximate surface area is 236 Å². The van der Waals surface area contributed by atoms with Crippen molar-refractivity contribution in [3.63, 3.8) is 0 Å². The van der Waals surface area contributed by atoms with Crippen LogP contribution in [0, 0.1) is 0 Å². The third-order valence-corrected chi connectivity index (χ3v) is 8.95. The van der Waals surface area contributed by atoms with Crippen molar-refractivity contribution in [2.75, 3.05) is 10.7 Å². The van der Waals surface area contributed by atoms with Crippen molar-refractivity contribution in [3.8, 4) is 0 Å². The molecule has 0 bridgehead atoms. The van der Waals surface area contributed by atoms with Crippen LogP contribution in [0.5, 0.6) is 0 Å². The summed E-state index contributed by atoms with van der Waals surface area (Å²) < 4.78 is 0. The predicted molar refractivity (Wildman–Crippen MR) is 158 cm³/mol. The fourth-order valence-corrected chi connectivity index (χ4v) is 6.73. The number of anilines is 1. The maximum atomic E-state index is 12.7. The maximum Gasteiger partial charge on any atom is 0.326 e. The number of aliphatic carboxylic acids is 1. The van der Waals surface area contributed by atoms with Crippen molar-refractivity contribution in [2.24, 2.45) is 0 Å². The highest BCUT2D eigenvalue weighted by atomic mass is 32.2. The molecule has 5 rings (SSSR count). The number of hydrogen-bond donors (Lipinski definition) is 2. The van der Waals surface area contributed by atoms with Gasteiger partial charge in [-0.05, 0) is 50.2 Å². The Morgan fingerprint density at radius 2 is 1.38 bits per heavy atom. The first-order valence-corrected chi connectivity index (χ1v) is 15.6. The van der Waals surface area contributed by atoms with Gasteiger partial charge in [-0.15, -0.1) is 0 Å². The molecule has 7 heteroatoms. The molecule has 2 saturated carbocycles. The highest BCUT2D eigenvalue weighted by Gasteiger charge is 2.35. The number of para-hydroxylation sites is 1. The molecule has 1 heterocycles. The van der Waals surface area contributed by atoms with E-state index in [1.807, 2.05) is 18.2 Å². The summed E-state index contributed by atoms with van der Waals surface area (Å²) in [4.78, 5) is 37.8. The van der Waals surface area contributed by atoms with E-state index < -0.39 is 12.0 Å². The fourth-order valence-electron chi connectivity index (χ4n) is 5.97. The minimum absolute atomic E-state index is 0.0905. The zero-order valence-electron chi connectivity index (χ0n) is 22.9. The van der Waals surface area contributed by atoms with Gasteiger partial charge in [0.25, 0.3) is 0 Å². The van der Waals surface area contributed by atoms with Crippen molar-refractivity contribution in [3.05, 3.63) is 65.7 Å². The standard InChI is InChI=1S/C20H19NO4S.C12H23N/c22-18(12-13-26-20(25)15-7-2-1-3-8-15)21-16-9-5-4-6-14(16)10-11-17(21)19(23)24;1-3-7-11(8-4-1)13-12-9-5-2-6-10-12/h1-9,17H,10-13H2,(H,23,24);11-13H,1-10H2/t17-;/m1./s1. The Balaban J connectivity index is 0.000000226. The van der Waals surface area contributed by atoms with Crippen LogP contribution in [0.1, 0.15) is 93.0 Å². The van der Waals surface area contributed by atoms with Crippen molar-refractivity contribution in [1.82, 2.24) is 5.32 Å². The molecule has 210 valence electrons. The van der Waals surface area contributed by atoms with E-state index >= 15 is 0 Å². The van der Waals surface area contributed by atoms with Crippen LogP contribution in [0.3, 0.4) is 0 Å². The first-order valence-electron chi connectivity index (χ1n) is 14.6. The minimum atomic E-state index is -0.999. The molecular weight excluding hydrogens is 508 g/mol. The van der Waals surface area contributed by atoms with Crippen LogP contribution in [0.15, 0.2) is 54.6 Å². The van der Waals surface area contributed by atoms with Crippen LogP contribution in [-0.2, 0) is 16.0 Å². The van der Waals surface area contributed by atoms with Crippen molar-refractivity contribution < 1.29 is 19.5 Å². The average molecular weight is 551 g/mol. The summed E-state index contributed by atoms with van der Waals surface area (Å²) in [6.07, 6.45) is 15.7. The number of carboxylic acid groups (broad SMARTS) is 1. The second-order valence-electron chi connectivity index (χ2n) is 10.9. The van der Waals surface area contributed by atoms with Gasteiger partial charge in [0.1, 0.15) is 6.04 Å². The summed E-state index contributed by atoms with van der Waals surface area (Å²) in [7, 11) is 0. The summed E-state index contributed by atoms with van der Waals surface area (Å²) in [6, 6.07) is 17.2. The molecule has 1 amide bonds. The summed E-state index contributed by atoms with van der Waals surface area (Å²) >= 11 is 1.08. The average Bonchev–Trinajstić information content (AvgIpc) is 2.98. The van der Waals surface area contributed by atoms with E-state index in [4.69, 9.17) is 0 Å². The van der Waals surface area contributed by atoms with Gasteiger partial charge < -0.3 is 10.4 Å². The Kier molecular flexibility index (Phi) is 11.5. The topological polar surface area (TPSA) is 86.7 Å². The van der Waals surface area contributed by atoms with Crippen molar-refractivity contribution in [1.29, 1.82) is 0 Å². The van der Waals surface area contributed by atoms with Crippen LogP contribution in [0.2, 0.25) is 0 Å². The Morgan fingerprint density at radius 3 is 2.00 bits per heavy atom. The molecule has 1 atom stereocenters. The Morgan fingerprint density at radius 1 is 0.795 bits per heavy atom. The number of nitrogens with zero attached hydrogens (tertiary/aromatic N) is 1. The van der Waals surface area contributed by atoms with E-state index in [9.17, 15) is 19.5 Å². The molecule has 0 aromatic heterocycles. The van der Waals surface area contributed by atoms with Gasteiger partial charge in [0.2, 0.25) is 11.0 Å². The Hall–Kier alpha value is -2.64. The summed E-state index contributed by atoms with van der Waals surface area (Å²) in [5.41, 5.74) is 2.23. The normalized spacial score (nSPS) is 19.9. The van der Waals surface area contributed by atoms with E-state index in [0.717, 1.165) is 29.4 Å². The number of nitrogens with one attached hydrogen (secondary N) is 1. The van der Waals surface area contributed by atoms with Gasteiger partial charge in [0, 0.05) is 35.5 Å². The van der Waals surface area contributed by atoms with E-state index in [2.05, 4.69) is 5.32 Å². The van der Waals surface area contributed by atoms with Gasteiger partial charge in [-0.1, -0.05) is 98.8 Å². The number of fused-ring (bicyclic) bond motifs is 1. The monoisotopic (exact) mass is 550 g/mol. The van der Waals surface area contributed by atoms with Crippen LogP contribution in [0.25, 0.3) is 0 Å². The molecule has 1 aliphatic heterocycles. The molecule has 2 aliphatic carbocycles. The second-order valence-corrected chi connectivity index (χ2v) is 11.9. The number of carbonyl (C=O) groups excluding carboxylic acids is 2. The summed E-state index contributed by atoms with van der Waals surface area (Å²) in [5.74, 6) is -0.948. The SMILES string of the molecule is C1CCC(NC2CCCCC2)CC1.O=C(SCCC(=O)N1c2ccccc2CC[C@@H]1C(=O)O)c1ccccc1. The lowest BCUT2D eigenvalue weighted by Gasteiger charge is -2.34. The lowest BCUT2D eigenvalue weighted by molar-refractivity contribution is -0.140. The quantitative estimate of drug-likeness (QED) is 0.403. The number of carboxylic acids is 1. The number of rotatable bonds is 7. The van der Waals surface area contributed by atoms with Crippen molar-refractivity contribution >= 4 is 34.4 Å². The molecule has 2 fully saturated rings. The first kappa shape index (κ1) is 29.3. The van der Waals surface area contributed by atoms with Gasteiger partial charge in [-0.3, -0.25) is 14.5 Å². The van der Waals surface area contributed by atoms with Crippen LogP contribution >= 0.6 is 11.8 Å². The van der Waals surface area contributed by atoms with Crippen LogP contribution in [0.4, 0.5) is 5.69 Å². The van der Waals surface area contributed by atoms with Gasteiger partial charge in [0.15, 0.2) is 0 Å². The molecule has 2 N–H and O–H groups in total. The third kappa shape index (κ3) is 8.67.